The molecule has 2 amide bonds. The number of carbonyl (C=O) groups excluding carboxylic acids is 2. The minimum atomic E-state index is -3.22. The Morgan fingerprint density at radius 2 is 1.88 bits per heavy atom. The molecule has 0 atom stereocenters. The average Bonchev–Trinajstić information content (AvgIpc) is 3.07. The molecule has 0 bridgehead atoms. The third kappa shape index (κ3) is 4.44. The Kier molecular flexibility index (Phi) is 5.33. The maximum atomic E-state index is 12.2. The summed E-state index contributed by atoms with van der Waals surface area (Å²) in [7, 11) is -3.22. The minimum Gasteiger partial charge on any atom is -0.454 e. The van der Waals surface area contributed by atoms with Gasteiger partial charge in [0.2, 0.25) is 28.6 Å². The number of ether oxygens (including phenoxy) is 2. The molecule has 0 unspecified atom stereocenters. The summed E-state index contributed by atoms with van der Waals surface area (Å²) in [5, 5.41) is 5.28. The van der Waals surface area contributed by atoms with Crippen LogP contribution in [0.1, 0.15) is 12.8 Å². The number of rotatable bonds is 5. The van der Waals surface area contributed by atoms with Gasteiger partial charge in [-0.2, -0.15) is 0 Å². The summed E-state index contributed by atoms with van der Waals surface area (Å²) in [5.74, 6) is 0.303. The van der Waals surface area contributed by atoms with E-state index in [-0.39, 0.29) is 31.1 Å². The molecule has 3 rings (SSSR count). The van der Waals surface area contributed by atoms with Gasteiger partial charge >= 0.3 is 0 Å². The molecule has 1 saturated heterocycles. The van der Waals surface area contributed by atoms with Crippen LogP contribution in [-0.4, -0.2) is 57.2 Å². The Hall–Kier alpha value is -2.33. The zero-order chi connectivity index (χ0) is 18.7. The standard InChI is InChI=1S/C16H21N3O6S/c1-26(22,23)19-6-4-11(5-7-19)16(21)17-9-15(20)18-12-2-3-13-14(8-12)25-10-24-13/h2-3,8,11H,4-7,9-10H2,1H3,(H,17,21)(H,18,20). The molecule has 2 N–H and O–H groups in total. The van der Waals surface area contributed by atoms with Crippen molar-refractivity contribution in [3.63, 3.8) is 0 Å². The van der Waals surface area contributed by atoms with E-state index in [9.17, 15) is 18.0 Å². The number of anilines is 1. The number of hydrogen-bond donors (Lipinski definition) is 2. The third-order valence-corrected chi connectivity index (χ3v) is 5.68. The molecule has 1 aromatic carbocycles. The molecule has 0 spiro atoms. The second-order valence-electron chi connectivity index (χ2n) is 6.27. The highest BCUT2D eigenvalue weighted by Gasteiger charge is 2.29. The van der Waals surface area contributed by atoms with E-state index in [2.05, 4.69) is 10.6 Å². The van der Waals surface area contributed by atoms with Gasteiger partial charge in [0, 0.05) is 30.8 Å². The van der Waals surface area contributed by atoms with E-state index in [4.69, 9.17) is 9.47 Å². The van der Waals surface area contributed by atoms with Gasteiger partial charge in [0.05, 0.1) is 12.8 Å². The Morgan fingerprint density at radius 1 is 1.19 bits per heavy atom. The number of carbonyl (C=O) groups is 2. The zero-order valence-electron chi connectivity index (χ0n) is 14.4. The van der Waals surface area contributed by atoms with E-state index in [0.29, 0.717) is 43.1 Å². The first-order valence-electron chi connectivity index (χ1n) is 8.25. The van der Waals surface area contributed by atoms with Crippen molar-refractivity contribution in [2.24, 2.45) is 5.92 Å². The van der Waals surface area contributed by atoms with Gasteiger partial charge in [-0.15, -0.1) is 0 Å². The molecular weight excluding hydrogens is 362 g/mol. The van der Waals surface area contributed by atoms with E-state index >= 15 is 0 Å². The van der Waals surface area contributed by atoms with Crippen LogP contribution in [0.3, 0.4) is 0 Å². The molecule has 9 nitrogen and oxygen atoms in total. The van der Waals surface area contributed by atoms with Crippen LogP contribution < -0.4 is 20.1 Å². The van der Waals surface area contributed by atoms with E-state index in [1.165, 1.54) is 4.31 Å². The lowest BCUT2D eigenvalue weighted by atomic mass is 9.97. The van der Waals surface area contributed by atoms with E-state index in [1.807, 2.05) is 0 Å². The molecule has 0 radical (unpaired) electrons. The van der Waals surface area contributed by atoms with Gasteiger partial charge in [0.1, 0.15) is 0 Å². The van der Waals surface area contributed by atoms with Crippen molar-refractivity contribution in [1.29, 1.82) is 0 Å². The van der Waals surface area contributed by atoms with Crippen LogP contribution in [0.4, 0.5) is 5.69 Å². The second-order valence-corrected chi connectivity index (χ2v) is 8.25. The largest absolute Gasteiger partial charge is 0.454 e. The Morgan fingerprint density at radius 3 is 2.58 bits per heavy atom. The van der Waals surface area contributed by atoms with Crippen molar-refractivity contribution in [1.82, 2.24) is 9.62 Å². The summed E-state index contributed by atoms with van der Waals surface area (Å²) in [4.78, 5) is 24.2. The summed E-state index contributed by atoms with van der Waals surface area (Å²) < 4.78 is 34.8. The number of hydrogen-bond acceptors (Lipinski definition) is 6. The summed E-state index contributed by atoms with van der Waals surface area (Å²) in [6.07, 6.45) is 2.05. The fourth-order valence-electron chi connectivity index (χ4n) is 2.94. The van der Waals surface area contributed by atoms with Crippen molar-refractivity contribution in [3.05, 3.63) is 18.2 Å². The first kappa shape index (κ1) is 18.5. The van der Waals surface area contributed by atoms with Gasteiger partial charge in [-0.1, -0.05) is 0 Å². The topological polar surface area (TPSA) is 114 Å². The summed E-state index contributed by atoms with van der Waals surface area (Å²) >= 11 is 0. The molecular formula is C16H21N3O6S. The molecule has 1 aromatic rings. The number of benzene rings is 1. The fourth-order valence-corrected chi connectivity index (χ4v) is 3.81. The number of nitrogens with one attached hydrogen (secondary N) is 2. The van der Waals surface area contributed by atoms with Crippen molar-refractivity contribution in [3.8, 4) is 11.5 Å². The van der Waals surface area contributed by atoms with Crippen molar-refractivity contribution in [2.75, 3.05) is 38.0 Å². The molecule has 2 aliphatic heterocycles. The SMILES string of the molecule is CS(=O)(=O)N1CCC(C(=O)NCC(=O)Nc2ccc3c(c2)OCO3)CC1. The first-order valence-corrected chi connectivity index (χ1v) is 10.1. The smallest absolute Gasteiger partial charge is 0.243 e. The van der Waals surface area contributed by atoms with Gasteiger partial charge in [-0.25, -0.2) is 12.7 Å². The maximum Gasteiger partial charge on any atom is 0.243 e. The predicted octanol–water partition coefficient (Wildman–Crippen LogP) is 0.142. The van der Waals surface area contributed by atoms with Crippen LogP contribution in [0.2, 0.25) is 0 Å². The number of fused-ring (bicyclic) bond motifs is 1. The average molecular weight is 383 g/mol. The number of nitrogens with zero attached hydrogens (tertiary/aromatic N) is 1. The van der Waals surface area contributed by atoms with E-state index in [0.717, 1.165) is 6.26 Å². The lowest BCUT2D eigenvalue weighted by Crippen LogP contribution is -2.44. The molecule has 1 fully saturated rings. The Bertz CT molecular complexity index is 802. The second kappa shape index (κ2) is 7.50. The normalized spacial score (nSPS) is 17.7. The first-order chi connectivity index (χ1) is 12.3. The summed E-state index contributed by atoms with van der Waals surface area (Å²) in [5.41, 5.74) is 0.551. The van der Waals surface area contributed by atoms with Gasteiger partial charge in [0.15, 0.2) is 11.5 Å². The zero-order valence-corrected chi connectivity index (χ0v) is 15.2. The van der Waals surface area contributed by atoms with Gasteiger partial charge in [-0.3, -0.25) is 9.59 Å². The fraction of sp³-hybridized carbons (Fsp3) is 0.500. The van der Waals surface area contributed by atoms with Crippen molar-refractivity contribution >= 4 is 27.5 Å². The van der Waals surface area contributed by atoms with Crippen LogP contribution in [0.5, 0.6) is 11.5 Å². The predicted molar refractivity (Wildman–Crippen MR) is 93.3 cm³/mol. The third-order valence-electron chi connectivity index (χ3n) is 4.37. The molecule has 142 valence electrons. The molecule has 2 aliphatic rings. The van der Waals surface area contributed by atoms with Crippen LogP contribution in [0.15, 0.2) is 18.2 Å². The molecule has 0 aromatic heterocycles. The lowest BCUT2D eigenvalue weighted by Gasteiger charge is -2.29. The van der Waals surface area contributed by atoms with Crippen LogP contribution in [-0.2, 0) is 19.6 Å². The van der Waals surface area contributed by atoms with Crippen LogP contribution in [0.25, 0.3) is 0 Å². The summed E-state index contributed by atoms with van der Waals surface area (Å²) in [6, 6.07) is 5.04. The number of amides is 2. The van der Waals surface area contributed by atoms with Crippen molar-refractivity contribution < 1.29 is 27.5 Å². The van der Waals surface area contributed by atoms with Gasteiger partial charge in [-0.05, 0) is 25.0 Å². The highest BCUT2D eigenvalue weighted by molar-refractivity contribution is 7.88. The quantitative estimate of drug-likeness (QED) is 0.748. The maximum absolute atomic E-state index is 12.2. The van der Waals surface area contributed by atoms with Crippen LogP contribution >= 0.6 is 0 Å². The highest BCUT2D eigenvalue weighted by atomic mass is 32.2. The van der Waals surface area contributed by atoms with E-state index in [1.54, 1.807) is 18.2 Å². The van der Waals surface area contributed by atoms with Crippen LogP contribution in [0, 0.1) is 5.92 Å². The Labute approximate surface area is 151 Å². The Balaban J connectivity index is 1.44. The van der Waals surface area contributed by atoms with Crippen molar-refractivity contribution in [2.45, 2.75) is 12.8 Å². The number of piperidine rings is 1. The molecule has 0 saturated carbocycles. The van der Waals surface area contributed by atoms with Gasteiger partial charge in [0.25, 0.3) is 0 Å². The summed E-state index contributed by atoms with van der Waals surface area (Å²) in [6.45, 7) is 0.640. The molecule has 2 heterocycles. The molecule has 10 heteroatoms. The minimum absolute atomic E-state index is 0.153. The van der Waals surface area contributed by atoms with E-state index < -0.39 is 10.0 Å². The molecule has 0 aliphatic carbocycles. The van der Waals surface area contributed by atoms with Gasteiger partial charge < -0.3 is 20.1 Å². The lowest BCUT2D eigenvalue weighted by molar-refractivity contribution is -0.128. The molecule has 26 heavy (non-hydrogen) atoms. The highest BCUT2D eigenvalue weighted by Crippen LogP contribution is 2.34. The monoisotopic (exact) mass is 383 g/mol. The number of sulfonamides is 1.